The molecule has 1 fully saturated rings. The van der Waals surface area contributed by atoms with Gasteiger partial charge in [-0.1, -0.05) is 0 Å². The summed E-state index contributed by atoms with van der Waals surface area (Å²) in [5.74, 6) is 0.500. The Labute approximate surface area is 127 Å². The van der Waals surface area contributed by atoms with E-state index in [4.69, 9.17) is 0 Å². The largest absolute Gasteiger partial charge is 0.417 e. The van der Waals surface area contributed by atoms with Crippen molar-refractivity contribution >= 4 is 5.82 Å². The smallest absolute Gasteiger partial charge is 0.388 e. The lowest BCUT2D eigenvalue weighted by Gasteiger charge is -2.47. The SMILES string of the molecule is CC(C)N1CCN2c3ncc(C(F)(F)F)cc3[C@@H](O)C[C@@H]2C1. The van der Waals surface area contributed by atoms with Crippen LogP contribution >= 0.6 is 0 Å². The van der Waals surface area contributed by atoms with Gasteiger partial charge in [-0.05, 0) is 26.3 Å². The molecule has 0 unspecified atom stereocenters. The first-order chi connectivity index (χ1) is 10.3. The number of anilines is 1. The molecule has 0 bridgehead atoms. The Kier molecular flexibility index (Phi) is 3.81. The van der Waals surface area contributed by atoms with E-state index >= 15 is 0 Å². The molecule has 1 aromatic rings. The Morgan fingerprint density at radius 3 is 2.68 bits per heavy atom. The molecule has 0 aliphatic carbocycles. The predicted molar refractivity (Wildman–Crippen MR) is 76.7 cm³/mol. The maximum atomic E-state index is 12.8. The number of hydrogen-bond donors (Lipinski definition) is 1. The highest BCUT2D eigenvalue weighted by Gasteiger charge is 2.39. The van der Waals surface area contributed by atoms with Crippen LogP contribution in [0.5, 0.6) is 0 Å². The van der Waals surface area contributed by atoms with Crippen LogP contribution in [0.1, 0.15) is 37.5 Å². The van der Waals surface area contributed by atoms with Gasteiger partial charge in [0, 0.05) is 43.5 Å². The summed E-state index contributed by atoms with van der Waals surface area (Å²) in [6.07, 6.45) is -4.02. The maximum absolute atomic E-state index is 12.8. The number of hydrogen-bond acceptors (Lipinski definition) is 4. The zero-order valence-electron chi connectivity index (χ0n) is 12.6. The Morgan fingerprint density at radius 1 is 1.32 bits per heavy atom. The number of aliphatic hydroxyl groups is 1. The molecular formula is C15H20F3N3O. The second kappa shape index (κ2) is 5.38. The fourth-order valence-corrected chi connectivity index (χ4v) is 3.33. The Bertz CT molecular complexity index is 561. The minimum absolute atomic E-state index is 0.0999. The van der Waals surface area contributed by atoms with Gasteiger partial charge in [-0.25, -0.2) is 4.98 Å². The van der Waals surface area contributed by atoms with E-state index in [-0.39, 0.29) is 6.04 Å². The number of rotatable bonds is 1. The molecule has 122 valence electrons. The topological polar surface area (TPSA) is 39.6 Å². The molecule has 1 aromatic heterocycles. The summed E-state index contributed by atoms with van der Waals surface area (Å²) in [6, 6.07) is 1.56. The van der Waals surface area contributed by atoms with Crippen molar-refractivity contribution in [1.29, 1.82) is 0 Å². The van der Waals surface area contributed by atoms with Crippen molar-refractivity contribution in [3.63, 3.8) is 0 Å². The summed E-state index contributed by atoms with van der Waals surface area (Å²) < 4.78 is 38.4. The summed E-state index contributed by atoms with van der Waals surface area (Å²) in [4.78, 5) is 8.38. The average Bonchev–Trinajstić information content (AvgIpc) is 2.45. The molecule has 0 amide bonds. The Morgan fingerprint density at radius 2 is 2.05 bits per heavy atom. The second-order valence-corrected chi connectivity index (χ2v) is 6.32. The zero-order valence-corrected chi connectivity index (χ0v) is 12.6. The van der Waals surface area contributed by atoms with E-state index in [1.165, 1.54) is 0 Å². The normalized spacial score (nSPS) is 26.0. The summed E-state index contributed by atoms with van der Waals surface area (Å²) >= 11 is 0. The van der Waals surface area contributed by atoms with Crippen molar-refractivity contribution in [1.82, 2.24) is 9.88 Å². The van der Waals surface area contributed by atoms with Gasteiger partial charge in [0.15, 0.2) is 0 Å². The van der Waals surface area contributed by atoms with E-state index in [9.17, 15) is 18.3 Å². The third kappa shape index (κ3) is 2.67. The molecule has 0 saturated carbocycles. The first-order valence-electron chi connectivity index (χ1n) is 7.53. The van der Waals surface area contributed by atoms with Crippen molar-refractivity contribution in [2.45, 2.75) is 44.6 Å². The van der Waals surface area contributed by atoms with Crippen LogP contribution in [0.25, 0.3) is 0 Å². The Balaban J connectivity index is 1.91. The first kappa shape index (κ1) is 15.6. The fraction of sp³-hybridized carbons (Fsp3) is 0.667. The standard InChI is InChI=1S/C15H20F3N3O/c1-9(2)20-3-4-21-11(8-20)6-13(22)12-5-10(15(16,17)18)7-19-14(12)21/h5,7,9,11,13,22H,3-4,6,8H2,1-2H3/t11-,13+/m1/s1. The number of halogens is 3. The van der Waals surface area contributed by atoms with Crippen molar-refractivity contribution in [3.05, 3.63) is 23.4 Å². The van der Waals surface area contributed by atoms with Crippen LogP contribution in [-0.4, -0.2) is 46.7 Å². The quantitative estimate of drug-likeness (QED) is 0.864. The van der Waals surface area contributed by atoms with Crippen LogP contribution in [0.3, 0.4) is 0 Å². The third-order valence-corrected chi connectivity index (χ3v) is 4.59. The molecule has 0 aromatic carbocycles. The summed E-state index contributed by atoms with van der Waals surface area (Å²) in [6.45, 7) is 6.62. The van der Waals surface area contributed by atoms with Crippen molar-refractivity contribution in [2.24, 2.45) is 0 Å². The van der Waals surface area contributed by atoms with Crippen molar-refractivity contribution in [2.75, 3.05) is 24.5 Å². The van der Waals surface area contributed by atoms with Gasteiger partial charge in [0.05, 0.1) is 11.7 Å². The molecule has 4 nitrogen and oxygen atoms in total. The lowest BCUT2D eigenvalue weighted by molar-refractivity contribution is -0.137. The van der Waals surface area contributed by atoms with Crippen LogP contribution in [0.2, 0.25) is 0 Å². The summed E-state index contributed by atoms with van der Waals surface area (Å²) in [7, 11) is 0. The van der Waals surface area contributed by atoms with Gasteiger partial charge < -0.3 is 10.0 Å². The highest BCUT2D eigenvalue weighted by atomic mass is 19.4. The van der Waals surface area contributed by atoms with E-state index in [0.29, 0.717) is 23.8 Å². The molecule has 1 N–H and O–H groups in total. The highest BCUT2D eigenvalue weighted by molar-refractivity contribution is 5.53. The molecule has 3 heterocycles. The van der Waals surface area contributed by atoms with Crippen molar-refractivity contribution in [3.8, 4) is 0 Å². The Hall–Kier alpha value is -1.34. The molecule has 22 heavy (non-hydrogen) atoms. The van der Waals surface area contributed by atoms with E-state index in [0.717, 1.165) is 31.9 Å². The van der Waals surface area contributed by atoms with E-state index < -0.39 is 17.8 Å². The van der Waals surface area contributed by atoms with E-state index in [1.807, 2.05) is 4.90 Å². The van der Waals surface area contributed by atoms with Gasteiger partial charge in [0.25, 0.3) is 0 Å². The minimum Gasteiger partial charge on any atom is -0.388 e. The number of aliphatic hydroxyl groups excluding tert-OH is 1. The zero-order chi connectivity index (χ0) is 16.1. The number of piperazine rings is 1. The molecular weight excluding hydrogens is 295 g/mol. The second-order valence-electron chi connectivity index (χ2n) is 6.32. The first-order valence-corrected chi connectivity index (χ1v) is 7.53. The van der Waals surface area contributed by atoms with Gasteiger partial charge in [-0.3, -0.25) is 4.90 Å². The van der Waals surface area contributed by atoms with Crippen LogP contribution in [0.4, 0.5) is 19.0 Å². The lowest BCUT2D eigenvalue weighted by atomic mass is 9.92. The maximum Gasteiger partial charge on any atom is 0.417 e. The molecule has 1 saturated heterocycles. The van der Waals surface area contributed by atoms with Crippen LogP contribution in [0.15, 0.2) is 12.3 Å². The van der Waals surface area contributed by atoms with Crippen LogP contribution in [-0.2, 0) is 6.18 Å². The molecule has 7 heteroatoms. The number of aromatic nitrogens is 1. The van der Waals surface area contributed by atoms with Gasteiger partial charge in [-0.15, -0.1) is 0 Å². The number of fused-ring (bicyclic) bond motifs is 3. The van der Waals surface area contributed by atoms with E-state index in [1.54, 1.807) is 0 Å². The predicted octanol–water partition coefficient (Wildman–Crippen LogP) is 2.44. The minimum atomic E-state index is -4.44. The number of nitrogens with zero attached hydrogens (tertiary/aromatic N) is 3. The molecule has 3 rings (SSSR count). The van der Waals surface area contributed by atoms with Gasteiger partial charge in [0.2, 0.25) is 0 Å². The van der Waals surface area contributed by atoms with Crippen LogP contribution < -0.4 is 4.90 Å². The van der Waals surface area contributed by atoms with Gasteiger partial charge >= 0.3 is 6.18 Å². The van der Waals surface area contributed by atoms with Gasteiger partial charge in [-0.2, -0.15) is 13.2 Å². The monoisotopic (exact) mass is 315 g/mol. The fourth-order valence-electron chi connectivity index (χ4n) is 3.33. The molecule has 0 spiro atoms. The summed E-state index contributed by atoms with van der Waals surface area (Å²) in [5.41, 5.74) is -0.506. The highest BCUT2D eigenvalue weighted by Crippen LogP contribution is 2.40. The molecule has 2 aliphatic rings. The number of alkyl halides is 3. The van der Waals surface area contributed by atoms with Gasteiger partial charge in [0.1, 0.15) is 5.82 Å². The molecule has 2 atom stereocenters. The third-order valence-electron chi connectivity index (χ3n) is 4.59. The lowest BCUT2D eigenvalue weighted by Crippen LogP contribution is -2.57. The summed E-state index contributed by atoms with van der Waals surface area (Å²) in [5, 5.41) is 10.3. The molecule has 0 radical (unpaired) electrons. The molecule has 2 aliphatic heterocycles. The van der Waals surface area contributed by atoms with Crippen LogP contribution in [0, 0.1) is 0 Å². The van der Waals surface area contributed by atoms with Crippen molar-refractivity contribution < 1.29 is 18.3 Å². The average molecular weight is 315 g/mol. The van der Waals surface area contributed by atoms with E-state index in [2.05, 4.69) is 23.7 Å². The number of pyridine rings is 1.